The van der Waals surface area contributed by atoms with Gasteiger partial charge in [0.05, 0.1) is 5.69 Å². The Morgan fingerprint density at radius 2 is 1.87 bits per heavy atom. The van der Waals surface area contributed by atoms with Crippen LogP contribution in [0.3, 0.4) is 0 Å². The molecule has 0 radical (unpaired) electrons. The predicted octanol–water partition coefficient (Wildman–Crippen LogP) is 2.39. The van der Waals surface area contributed by atoms with Crippen LogP contribution >= 0.6 is 0 Å². The topological polar surface area (TPSA) is 75.4 Å². The molecule has 1 aromatic heterocycles. The fourth-order valence-electron chi connectivity index (χ4n) is 2.60. The number of nitrogens with zero attached hydrogens (tertiary/aromatic N) is 3. The van der Waals surface area contributed by atoms with Gasteiger partial charge in [-0.15, -0.1) is 0 Å². The van der Waals surface area contributed by atoms with E-state index in [1.807, 2.05) is 25.1 Å². The molecule has 2 aromatic rings. The lowest BCUT2D eigenvalue weighted by atomic mass is 10.1. The van der Waals surface area contributed by atoms with Gasteiger partial charge < -0.3 is 10.0 Å². The van der Waals surface area contributed by atoms with Crippen molar-refractivity contribution in [3.8, 4) is 5.69 Å². The van der Waals surface area contributed by atoms with Crippen molar-refractivity contribution in [3.63, 3.8) is 0 Å². The number of hydrogen-bond donors (Lipinski definition) is 1. The number of benzene rings is 1. The normalized spacial score (nSPS) is 10.6. The highest BCUT2D eigenvalue weighted by atomic mass is 16.4. The van der Waals surface area contributed by atoms with E-state index in [2.05, 4.69) is 23.8 Å². The zero-order valence-corrected chi connectivity index (χ0v) is 13.8. The van der Waals surface area contributed by atoms with E-state index in [1.54, 1.807) is 6.92 Å². The van der Waals surface area contributed by atoms with Gasteiger partial charge in [0.15, 0.2) is 0 Å². The van der Waals surface area contributed by atoms with Gasteiger partial charge in [0.25, 0.3) is 0 Å². The fourth-order valence-corrected chi connectivity index (χ4v) is 2.60. The monoisotopic (exact) mass is 315 g/mol. The van der Waals surface area contributed by atoms with E-state index in [1.165, 1.54) is 10.7 Å². The summed E-state index contributed by atoms with van der Waals surface area (Å²) in [5, 5.41) is 13.1. The molecule has 0 bridgehead atoms. The third-order valence-corrected chi connectivity index (χ3v) is 3.85. The van der Waals surface area contributed by atoms with Crippen molar-refractivity contribution >= 4 is 11.7 Å². The van der Waals surface area contributed by atoms with E-state index >= 15 is 0 Å². The lowest BCUT2D eigenvalue weighted by Gasteiger charge is -2.22. The molecule has 122 valence electrons. The van der Waals surface area contributed by atoms with Crippen LogP contribution in [0.5, 0.6) is 0 Å². The Kier molecular flexibility index (Phi) is 4.83. The molecule has 2 rings (SSSR count). The molecule has 0 aliphatic carbocycles. The van der Waals surface area contributed by atoms with Gasteiger partial charge in [-0.1, -0.05) is 0 Å². The van der Waals surface area contributed by atoms with E-state index in [9.17, 15) is 9.59 Å². The smallest absolute Gasteiger partial charge is 0.360 e. The van der Waals surface area contributed by atoms with Crippen LogP contribution < -0.4 is 10.3 Å². The molecule has 6 nitrogen and oxygen atoms in total. The fraction of sp³-hybridized carbons (Fsp3) is 0.353. The van der Waals surface area contributed by atoms with Gasteiger partial charge in [0.1, 0.15) is 0 Å². The summed E-state index contributed by atoms with van der Waals surface area (Å²) in [7, 11) is 0. The lowest BCUT2D eigenvalue weighted by molar-refractivity contribution is 0.0686. The molecule has 0 spiro atoms. The number of aromatic nitrogens is 2. The summed E-state index contributed by atoms with van der Waals surface area (Å²) in [6.45, 7) is 9.69. The standard InChI is InChI=1S/C17H21N3O3/c1-5-19(6-2)13-7-8-14(11(3)9-13)20-12(4)10-15(21)16(18-20)17(22)23/h7-10H,5-6H2,1-4H3,(H,22,23). The summed E-state index contributed by atoms with van der Waals surface area (Å²) in [5.41, 5.74) is 2.38. The van der Waals surface area contributed by atoms with Crippen LogP contribution in [0.15, 0.2) is 29.1 Å². The van der Waals surface area contributed by atoms with Gasteiger partial charge in [0.2, 0.25) is 11.1 Å². The van der Waals surface area contributed by atoms with Crippen LogP contribution in [0.1, 0.15) is 35.6 Å². The molecule has 0 unspecified atom stereocenters. The number of aryl methyl sites for hydroxylation is 2. The quantitative estimate of drug-likeness (QED) is 0.917. The van der Waals surface area contributed by atoms with Gasteiger partial charge in [-0.3, -0.25) is 4.79 Å². The van der Waals surface area contributed by atoms with Gasteiger partial charge >= 0.3 is 5.97 Å². The minimum absolute atomic E-state index is 0.470. The van der Waals surface area contributed by atoms with Crippen molar-refractivity contribution in [1.29, 1.82) is 0 Å². The van der Waals surface area contributed by atoms with Gasteiger partial charge in [0, 0.05) is 30.5 Å². The number of carboxylic acid groups (broad SMARTS) is 1. The Morgan fingerprint density at radius 3 is 2.39 bits per heavy atom. The van der Waals surface area contributed by atoms with Crippen molar-refractivity contribution in [2.24, 2.45) is 0 Å². The average Bonchev–Trinajstić information content (AvgIpc) is 2.49. The summed E-state index contributed by atoms with van der Waals surface area (Å²) < 4.78 is 1.51. The van der Waals surface area contributed by atoms with Gasteiger partial charge in [-0.05, 0) is 51.5 Å². The van der Waals surface area contributed by atoms with E-state index < -0.39 is 17.1 Å². The van der Waals surface area contributed by atoms with Crippen LogP contribution in [0.2, 0.25) is 0 Å². The zero-order chi connectivity index (χ0) is 17.1. The molecule has 1 N–H and O–H groups in total. The second kappa shape index (κ2) is 6.64. The predicted molar refractivity (Wildman–Crippen MR) is 89.8 cm³/mol. The second-order valence-electron chi connectivity index (χ2n) is 5.36. The molecule has 0 saturated carbocycles. The molecule has 0 fully saturated rings. The first kappa shape index (κ1) is 16.7. The number of hydrogen-bond acceptors (Lipinski definition) is 4. The molecular weight excluding hydrogens is 294 g/mol. The summed E-state index contributed by atoms with van der Waals surface area (Å²) >= 11 is 0. The molecule has 0 aliphatic heterocycles. The van der Waals surface area contributed by atoms with Crippen molar-refractivity contribution in [2.45, 2.75) is 27.7 Å². The molecule has 0 atom stereocenters. The van der Waals surface area contributed by atoms with Crippen LogP contribution in [0.25, 0.3) is 5.69 Å². The SMILES string of the molecule is CCN(CC)c1ccc(-n2nc(C(=O)O)c(=O)cc2C)c(C)c1. The number of carbonyl (C=O) groups is 1. The van der Waals surface area contributed by atoms with E-state index in [0.29, 0.717) is 5.69 Å². The highest BCUT2D eigenvalue weighted by molar-refractivity contribution is 5.85. The largest absolute Gasteiger partial charge is 0.476 e. The molecule has 0 aliphatic rings. The van der Waals surface area contributed by atoms with E-state index in [-0.39, 0.29) is 0 Å². The third-order valence-electron chi connectivity index (χ3n) is 3.85. The first-order valence-electron chi connectivity index (χ1n) is 7.59. The highest BCUT2D eigenvalue weighted by Crippen LogP contribution is 2.22. The minimum atomic E-state index is -1.32. The van der Waals surface area contributed by atoms with E-state index in [4.69, 9.17) is 5.11 Å². The Balaban J connectivity index is 2.57. The number of carboxylic acids is 1. The Morgan fingerprint density at radius 1 is 1.22 bits per heavy atom. The van der Waals surface area contributed by atoms with Crippen LogP contribution in [0, 0.1) is 13.8 Å². The molecule has 1 heterocycles. The van der Waals surface area contributed by atoms with Crippen LogP contribution in [-0.4, -0.2) is 33.9 Å². The molecule has 0 saturated heterocycles. The highest BCUT2D eigenvalue weighted by Gasteiger charge is 2.15. The maximum Gasteiger partial charge on any atom is 0.360 e. The molecule has 6 heteroatoms. The molecular formula is C17H21N3O3. The van der Waals surface area contributed by atoms with Gasteiger partial charge in [-0.2, -0.15) is 5.10 Å². The Bertz CT molecular complexity index is 792. The zero-order valence-electron chi connectivity index (χ0n) is 13.8. The molecule has 23 heavy (non-hydrogen) atoms. The Labute approximate surface area is 135 Å². The van der Waals surface area contributed by atoms with Crippen molar-refractivity contribution in [3.05, 3.63) is 51.4 Å². The minimum Gasteiger partial charge on any atom is -0.476 e. The van der Waals surface area contributed by atoms with Crippen molar-refractivity contribution in [1.82, 2.24) is 9.78 Å². The van der Waals surface area contributed by atoms with Crippen molar-refractivity contribution < 1.29 is 9.90 Å². The maximum absolute atomic E-state index is 11.7. The van der Waals surface area contributed by atoms with Crippen molar-refractivity contribution in [2.75, 3.05) is 18.0 Å². The summed E-state index contributed by atoms with van der Waals surface area (Å²) in [5.74, 6) is -1.32. The average molecular weight is 315 g/mol. The molecule has 0 amide bonds. The lowest BCUT2D eigenvalue weighted by Crippen LogP contribution is -2.23. The first-order valence-corrected chi connectivity index (χ1v) is 7.59. The third kappa shape index (κ3) is 3.26. The second-order valence-corrected chi connectivity index (χ2v) is 5.36. The Hall–Kier alpha value is -2.63. The number of rotatable bonds is 5. The number of aromatic carboxylic acids is 1. The summed E-state index contributed by atoms with van der Waals surface area (Å²) in [4.78, 5) is 25.1. The van der Waals surface area contributed by atoms with Crippen LogP contribution in [-0.2, 0) is 0 Å². The summed E-state index contributed by atoms with van der Waals surface area (Å²) in [6, 6.07) is 7.23. The maximum atomic E-state index is 11.7. The van der Waals surface area contributed by atoms with Crippen LogP contribution in [0.4, 0.5) is 5.69 Å². The first-order chi connectivity index (χ1) is 10.9. The van der Waals surface area contributed by atoms with Gasteiger partial charge in [-0.25, -0.2) is 9.48 Å². The molecule has 1 aromatic carbocycles. The number of anilines is 1. The van der Waals surface area contributed by atoms with E-state index in [0.717, 1.165) is 30.0 Å². The summed E-state index contributed by atoms with van der Waals surface area (Å²) in [6.07, 6.45) is 0.